The Bertz CT molecular complexity index is 641. The smallest absolute Gasteiger partial charge is 0.167 e. The quantitative estimate of drug-likeness (QED) is 0.923. The molecule has 0 aliphatic heterocycles. The molecule has 2 aromatic carbocycles. The van der Waals surface area contributed by atoms with E-state index in [1.165, 1.54) is 11.1 Å². The first-order valence-electron chi connectivity index (χ1n) is 7.43. The van der Waals surface area contributed by atoms with Crippen LogP contribution < -0.4 is 10.1 Å². The third-order valence-electron chi connectivity index (χ3n) is 4.04. The zero-order chi connectivity index (χ0) is 14.8. The van der Waals surface area contributed by atoms with E-state index in [1.807, 2.05) is 18.2 Å². The normalized spacial score (nSPS) is 20.3. The van der Waals surface area contributed by atoms with Crippen LogP contribution in [0.2, 0.25) is 0 Å². The number of benzene rings is 2. The molecule has 2 unspecified atom stereocenters. The van der Waals surface area contributed by atoms with Crippen molar-refractivity contribution in [1.29, 1.82) is 0 Å². The van der Waals surface area contributed by atoms with Crippen molar-refractivity contribution in [2.24, 2.45) is 0 Å². The summed E-state index contributed by atoms with van der Waals surface area (Å²) >= 11 is 0. The van der Waals surface area contributed by atoms with E-state index in [-0.39, 0.29) is 18.0 Å². The van der Waals surface area contributed by atoms with Gasteiger partial charge in [-0.25, -0.2) is 4.39 Å². The van der Waals surface area contributed by atoms with Crippen LogP contribution in [-0.2, 0) is 6.42 Å². The van der Waals surface area contributed by atoms with Crippen molar-refractivity contribution in [3.05, 3.63) is 65.0 Å². The van der Waals surface area contributed by atoms with E-state index in [9.17, 15) is 4.39 Å². The molecule has 21 heavy (non-hydrogen) atoms. The third kappa shape index (κ3) is 2.66. The van der Waals surface area contributed by atoms with Gasteiger partial charge in [-0.05, 0) is 36.2 Å². The van der Waals surface area contributed by atoms with Gasteiger partial charge in [0, 0.05) is 6.42 Å². The summed E-state index contributed by atoms with van der Waals surface area (Å²) < 4.78 is 20.1. The summed E-state index contributed by atoms with van der Waals surface area (Å²) in [7, 11) is 0. The van der Waals surface area contributed by atoms with Crippen LogP contribution in [-0.4, -0.2) is 12.6 Å². The Hall–Kier alpha value is -1.87. The molecule has 1 N–H and O–H groups in total. The van der Waals surface area contributed by atoms with E-state index in [2.05, 4.69) is 24.4 Å². The van der Waals surface area contributed by atoms with Gasteiger partial charge in [-0.15, -0.1) is 0 Å². The first kappa shape index (κ1) is 14.1. The number of rotatable bonds is 4. The number of fused-ring (bicyclic) bond motifs is 1. The predicted octanol–water partition coefficient (Wildman–Crippen LogP) is 3.79. The van der Waals surface area contributed by atoms with E-state index in [1.54, 1.807) is 19.1 Å². The highest BCUT2D eigenvalue weighted by Crippen LogP contribution is 2.34. The lowest BCUT2D eigenvalue weighted by Gasteiger charge is -2.23. The monoisotopic (exact) mass is 285 g/mol. The van der Waals surface area contributed by atoms with Gasteiger partial charge in [-0.2, -0.15) is 0 Å². The Balaban J connectivity index is 1.87. The summed E-state index contributed by atoms with van der Waals surface area (Å²) in [5.41, 5.74) is 3.15. The average Bonchev–Trinajstić information content (AvgIpc) is 2.82. The zero-order valence-electron chi connectivity index (χ0n) is 12.4. The zero-order valence-corrected chi connectivity index (χ0v) is 12.4. The topological polar surface area (TPSA) is 21.3 Å². The Morgan fingerprint density at radius 1 is 1.19 bits per heavy atom. The van der Waals surface area contributed by atoms with Gasteiger partial charge in [0.05, 0.1) is 6.04 Å². The van der Waals surface area contributed by atoms with Gasteiger partial charge in [0.1, 0.15) is 6.10 Å². The first-order chi connectivity index (χ1) is 10.2. The molecule has 1 aliphatic rings. The predicted molar refractivity (Wildman–Crippen MR) is 82.1 cm³/mol. The second-order valence-electron chi connectivity index (χ2n) is 5.48. The fourth-order valence-corrected chi connectivity index (χ4v) is 3.00. The van der Waals surface area contributed by atoms with Gasteiger partial charge >= 0.3 is 0 Å². The van der Waals surface area contributed by atoms with E-state index < -0.39 is 0 Å². The summed E-state index contributed by atoms with van der Waals surface area (Å²) in [5.74, 6) is 0.0828. The Labute approximate surface area is 125 Å². The van der Waals surface area contributed by atoms with Crippen LogP contribution in [0.3, 0.4) is 0 Å². The fraction of sp³-hybridized carbons (Fsp3) is 0.333. The highest BCUT2D eigenvalue weighted by Gasteiger charge is 2.33. The van der Waals surface area contributed by atoms with Crippen LogP contribution in [0.1, 0.15) is 29.7 Å². The number of likely N-dealkylation sites (N-methyl/N-ethyl adjacent to an activating group) is 1. The maximum Gasteiger partial charge on any atom is 0.167 e. The molecule has 0 saturated carbocycles. The van der Waals surface area contributed by atoms with E-state index in [4.69, 9.17) is 4.74 Å². The van der Waals surface area contributed by atoms with Gasteiger partial charge in [0.2, 0.25) is 0 Å². The summed E-state index contributed by atoms with van der Waals surface area (Å²) in [6.45, 7) is 4.69. The van der Waals surface area contributed by atoms with Crippen LogP contribution in [0.15, 0.2) is 42.5 Å². The molecular weight excluding hydrogens is 265 g/mol. The minimum absolute atomic E-state index is 0.0707. The SMILES string of the molecule is CCNC1c2ccccc2CC1Oc1cccc(C)c1F. The molecule has 0 saturated heterocycles. The Morgan fingerprint density at radius 2 is 2.00 bits per heavy atom. The molecule has 2 atom stereocenters. The summed E-state index contributed by atoms with van der Waals surface area (Å²) in [4.78, 5) is 0. The van der Waals surface area contributed by atoms with Crippen molar-refractivity contribution >= 4 is 0 Å². The van der Waals surface area contributed by atoms with Crippen LogP contribution in [0.4, 0.5) is 4.39 Å². The molecule has 0 aromatic heterocycles. The molecule has 1 aliphatic carbocycles. The number of ether oxygens (including phenoxy) is 1. The van der Waals surface area contributed by atoms with Crippen molar-refractivity contribution in [3.8, 4) is 5.75 Å². The third-order valence-corrected chi connectivity index (χ3v) is 4.04. The number of hydrogen-bond donors (Lipinski definition) is 1. The molecule has 110 valence electrons. The van der Waals surface area contributed by atoms with Crippen LogP contribution in [0.25, 0.3) is 0 Å². The average molecular weight is 285 g/mol. The van der Waals surface area contributed by atoms with E-state index in [0.29, 0.717) is 11.3 Å². The highest BCUT2D eigenvalue weighted by atomic mass is 19.1. The lowest BCUT2D eigenvalue weighted by atomic mass is 10.1. The van der Waals surface area contributed by atoms with Crippen LogP contribution in [0, 0.1) is 12.7 Å². The second-order valence-corrected chi connectivity index (χ2v) is 5.48. The molecule has 0 fully saturated rings. The van der Waals surface area contributed by atoms with Gasteiger partial charge in [0.15, 0.2) is 11.6 Å². The number of hydrogen-bond acceptors (Lipinski definition) is 2. The van der Waals surface area contributed by atoms with Crippen LogP contribution in [0.5, 0.6) is 5.75 Å². The lowest BCUT2D eigenvalue weighted by Crippen LogP contribution is -2.33. The summed E-state index contributed by atoms with van der Waals surface area (Å²) in [5, 5.41) is 3.46. The molecule has 0 radical (unpaired) electrons. The number of nitrogens with one attached hydrogen (secondary N) is 1. The molecule has 0 amide bonds. The molecule has 3 heteroatoms. The summed E-state index contributed by atoms with van der Waals surface area (Å²) in [6, 6.07) is 13.7. The molecule has 2 nitrogen and oxygen atoms in total. The van der Waals surface area contributed by atoms with Crippen LogP contribution >= 0.6 is 0 Å². The Morgan fingerprint density at radius 3 is 2.81 bits per heavy atom. The fourth-order valence-electron chi connectivity index (χ4n) is 3.00. The van der Waals surface area contributed by atoms with Gasteiger partial charge in [-0.1, -0.05) is 43.3 Å². The van der Waals surface area contributed by atoms with Crippen molar-refractivity contribution in [1.82, 2.24) is 5.32 Å². The minimum Gasteiger partial charge on any atom is -0.485 e. The maximum atomic E-state index is 14.2. The number of halogens is 1. The number of aryl methyl sites for hydroxylation is 1. The van der Waals surface area contributed by atoms with Gasteiger partial charge in [0.25, 0.3) is 0 Å². The van der Waals surface area contributed by atoms with Gasteiger partial charge < -0.3 is 10.1 Å². The van der Waals surface area contributed by atoms with Crippen molar-refractivity contribution in [2.75, 3.05) is 6.54 Å². The van der Waals surface area contributed by atoms with Crippen molar-refractivity contribution in [2.45, 2.75) is 32.4 Å². The van der Waals surface area contributed by atoms with Gasteiger partial charge in [-0.3, -0.25) is 0 Å². The highest BCUT2D eigenvalue weighted by molar-refractivity contribution is 5.38. The molecule has 0 spiro atoms. The second kappa shape index (κ2) is 5.86. The van der Waals surface area contributed by atoms with Crippen molar-refractivity contribution in [3.63, 3.8) is 0 Å². The van der Waals surface area contributed by atoms with Crippen molar-refractivity contribution < 1.29 is 9.13 Å². The minimum atomic E-state index is -0.260. The first-order valence-corrected chi connectivity index (χ1v) is 7.43. The molecule has 0 bridgehead atoms. The van der Waals surface area contributed by atoms with E-state index in [0.717, 1.165) is 13.0 Å². The molecule has 0 heterocycles. The lowest BCUT2D eigenvalue weighted by molar-refractivity contribution is 0.161. The molecule has 2 aromatic rings. The van der Waals surface area contributed by atoms with E-state index >= 15 is 0 Å². The largest absolute Gasteiger partial charge is 0.485 e. The Kier molecular flexibility index (Phi) is 3.93. The standard InChI is InChI=1S/C18H20FNO/c1-3-20-18-14-9-5-4-8-13(14)11-16(18)21-15-10-6-7-12(2)17(15)19/h4-10,16,18,20H,3,11H2,1-2H3. The molecule has 3 rings (SSSR count). The molecular formula is C18H20FNO. The maximum absolute atomic E-state index is 14.2. The summed E-state index contributed by atoms with van der Waals surface area (Å²) in [6.07, 6.45) is 0.736.